The number of hydrogen-bond donors (Lipinski definition) is 0. The minimum Gasteiger partial charge on any atom is -0.455 e. The van der Waals surface area contributed by atoms with Crippen LogP contribution in [0.1, 0.15) is 20.3 Å². The normalized spacial score (nSPS) is 16.5. The molecule has 0 aromatic carbocycles. The Bertz CT molecular complexity index is 189. The SMILES string of the molecule is CCC(C)(I)C(=O)OCC(F)(F)F. The number of hydrogen-bond acceptors (Lipinski definition) is 2. The third kappa shape index (κ3) is 5.33. The van der Waals surface area contributed by atoms with Crippen LogP contribution in [0.15, 0.2) is 0 Å². The molecular formula is C7H10F3IO2. The highest BCUT2D eigenvalue weighted by Gasteiger charge is 2.35. The summed E-state index contributed by atoms with van der Waals surface area (Å²) in [6, 6.07) is 0. The van der Waals surface area contributed by atoms with Crippen molar-refractivity contribution in [3.8, 4) is 0 Å². The summed E-state index contributed by atoms with van der Waals surface area (Å²) in [5.41, 5.74) is 0. The van der Waals surface area contributed by atoms with Crippen LogP contribution in [0.3, 0.4) is 0 Å². The number of carbonyl (C=O) groups excluding carboxylic acids is 1. The Kier molecular flexibility index (Phi) is 4.47. The van der Waals surface area contributed by atoms with Gasteiger partial charge in [0.25, 0.3) is 0 Å². The van der Waals surface area contributed by atoms with Gasteiger partial charge in [0.05, 0.1) is 0 Å². The van der Waals surface area contributed by atoms with E-state index >= 15 is 0 Å². The number of rotatable bonds is 3. The molecule has 6 heteroatoms. The van der Waals surface area contributed by atoms with Crippen molar-refractivity contribution < 1.29 is 22.7 Å². The Morgan fingerprint density at radius 1 is 1.46 bits per heavy atom. The molecule has 0 aromatic heterocycles. The van der Waals surface area contributed by atoms with Crippen molar-refractivity contribution in [2.75, 3.05) is 6.61 Å². The van der Waals surface area contributed by atoms with Crippen LogP contribution in [0.5, 0.6) is 0 Å². The third-order valence-electron chi connectivity index (χ3n) is 1.46. The van der Waals surface area contributed by atoms with E-state index in [9.17, 15) is 18.0 Å². The van der Waals surface area contributed by atoms with E-state index in [-0.39, 0.29) is 0 Å². The summed E-state index contributed by atoms with van der Waals surface area (Å²) < 4.78 is 38.1. The van der Waals surface area contributed by atoms with Crippen LogP contribution in [0, 0.1) is 0 Å². The zero-order valence-corrected chi connectivity index (χ0v) is 9.40. The second kappa shape index (κ2) is 4.47. The summed E-state index contributed by atoms with van der Waals surface area (Å²) in [6.07, 6.45) is -4.01. The maximum atomic E-state index is 11.6. The van der Waals surface area contributed by atoms with E-state index in [1.165, 1.54) is 6.92 Å². The topological polar surface area (TPSA) is 26.3 Å². The van der Waals surface area contributed by atoms with Crippen molar-refractivity contribution >= 4 is 28.6 Å². The maximum absolute atomic E-state index is 11.6. The van der Waals surface area contributed by atoms with Crippen LogP contribution in [0.4, 0.5) is 13.2 Å². The van der Waals surface area contributed by atoms with Gasteiger partial charge >= 0.3 is 12.1 Å². The first-order valence-electron chi connectivity index (χ1n) is 3.62. The summed E-state index contributed by atoms with van der Waals surface area (Å²) >= 11 is 1.78. The summed E-state index contributed by atoms with van der Waals surface area (Å²) in [5, 5.41) is 0. The van der Waals surface area contributed by atoms with Gasteiger partial charge < -0.3 is 4.74 Å². The fraction of sp³-hybridized carbons (Fsp3) is 0.857. The molecule has 2 nitrogen and oxygen atoms in total. The van der Waals surface area contributed by atoms with Crippen LogP contribution in [0.2, 0.25) is 0 Å². The Hall–Kier alpha value is -0.0100. The van der Waals surface area contributed by atoms with Gasteiger partial charge in [-0.1, -0.05) is 29.5 Å². The standard InChI is InChI=1S/C7H10F3IO2/c1-3-6(2,11)5(12)13-4-7(8,9)10/h3-4H2,1-2H3. The largest absolute Gasteiger partial charge is 0.455 e. The molecule has 0 aliphatic heterocycles. The molecule has 0 saturated heterocycles. The van der Waals surface area contributed by atoms with Gasteiger partial charge in [-0.05, 0) is 13.3 Å². The van der Waals surface area contributed by atoms with Gasteiger partial charge in [-0.3, -0.25) is 4.79 Å². The third-order valence-corrected chi connectivity index (χ3v) is 2.66. The maximum Gasteiger partial charge on any atom is 0.422 e. The van der Waals surface area contributed by atoms with Crippen LogP contribution in [-0.2, 0) is 9.53 Å². The molecule has 0 amide bonds. The van der Waals surface area contributed by atoms with Crippen LogP contribution >= 0.6 is 22.6 Å². The molecule has 78 valence electrons. The van der Waals surface area contributed by atoms with E-state index in [0.717, 1.165) is 0 Å². The van der Waals surface area contributed by atoms with Gasteiger partial charge in [0.1, 0.15) is 3.42 Å². The zero-order valence-electron chi connectivity index (χ0n) is 7.24. The fourth-order valence-electron chi connectivity index (χ4n) is 0.442. The molecule has 1 unspecified atom stereocenters. The minimum absolute atomic E-state index is 0.435. The van der Waals surface area contributed by atoms with E-state index in [4.69, 9.17) is 0 Å². The molecule has 1 atom stereocenters. The zero-order chi connectivity index (χ0) is 10.7. The molecule has 13 heavy (non-hydrogen) atoms. The van der Waals surface area contributed by atoms with Crippen molar-refractivity contribution in [2.24, 2.45) is 0 Å². The van der Waals surface area contributed by atoms with Crippen molar-refractivity contribution in [2.45, 2.75) is 29.9 Å². The van der Waals surface area contributed by atoms with Crippen molar-refractivity contribution in [1.82, 2.24) is 0 Å². The molecular weight excluding hydrogens is 300 g/mol. The predicted molar refractivity (Wildman–Crippen MR) is 49.7 cm³/mol. The molecule has 0 N–H and O–H groups in total. The highest BCUT2D eigenvalue weighted by atomic mass is 127. The Morgan fingerprint density at radius 3 is 2.23 bits per heavy atom. The Labute approximate surface area is 88.0 Å². The minimum atomic E-state index is -4.45. The Morgan fingerprint density at radius 2 is 1.92 bits per heavy atom. The molecule has 0 aliphatic carbocycles. The van der Waals surface area contributed by atoms with E-state index < -0.39 is 22.2 Å². The molecule has 0 aliphatic rings. The van der Waals surface area contributed by atoms with Crippen molar-refractivity contribution in [1.29, 1.82) is 0 Å². The number of ether oxygens (including phenoxy) is 1. The molecule has 0 heterocycles. The van der Waals surface area contributed by atoms with Crippen LogP contribution in [0.25, 0.3) is 0 Å². The number of halogens is 4. The van der Waals surface area contributed by atoms with Gasteiger partial charge in [0.15, 0.2) is 6.61 Å². The molecule has 0 fully saturated rings. The van der Waals surface area contributed by atoms with E-state index in [2.05, 4.69) is 4.74 Å². The quantitative estimate of drug-likeness (QED) is 0.455. The van der Waals surface area contributed by atoms with Gasteiger partial charge in [-0.25, -0.2) is 0 Å². The molecule has 0 saturated carbocycles. The lowest BCUT2D eigenvalue weighted by molar-refractivity contribution is -0.187. The fourth-order valence-corrected chi connectivity index (χ4v) is 0.598. The lowest BCUT2D eigenvalue weighted by Crippen LogP contribution is -2.32. The van der Waals surface area contributed by atoms with Gasteiger partial charge in [0, 0.05) is 0 Å². The van der Waals surface area contributed by atoms with Crippen LogP contribution < -0.4 is 0 Å². The monoisotopic (exact) mass is 310 g/mol. The van der Waals surface area contributed by atoms with Crippen LogP contribution in [-0.4, -0.2) is 22.2 Å². The smallest absolute Gasteiger partial charge is 0.422 e. The number of alkyl halides is 4. The van der Waals surface area contributed by atoms with Gasteiger partial charge in [-0.15, -0.1) is 0 Å². The van der Waals surface area contributed by atoms with E-state index in [0.29, 0.717) is 6.42 Å². The molecule has 0 aromatic rings. The van der Waals surface area contributed by atoms with E-state index in [1.807, 2.05) is 0 Å². The first-order valence-corrected chi connectivity index (χ1v) is 4.70. The molecule has 0 rings (SSSR count). The summed E-state index contributed by atoms with van der Waals surface area (Å²) in [5.74, 6) is -0.826. The molecule has 0 spiro atoms. The van der Waals surface area contributed by atoms with Gasteiger partial charge in [0.2, 0.25) is 0 Å². The Balaban J connectivity index is 4.03. The van der Waals surface area contributed by atoms with Crippen molar-refractivity contribution in [3.63, 3.8) is 0 Å². The second-order valence-corrected chi connectivity index (χ2v) is 5.12. The highest BCUT2D eigenvalue weighted by Crippen LogP contribution is 2.25. The first-order chi connectivity index (χ1) is 5.69. The number of carbonyl (C=O) groups is 1. The highest BCUT2D eigenvalue weighted by molar-refractivity contribution is 14.1. The van der Waals surface area contributed by atoms with Gasteiger partial charge in [-0.2, -0.15) is 13.2 Å². The average Bonchev–Trinajstić information content (AvgIpc) is 1.98. The lowest BCUT2D eigenvalue weighted by Gasteiger charge is -2.18. The molecule has 0 radical (unpaired) electrons. The summed E-state index contributed by atoms with van der Waals surface area (Å²) in [6.45, 7) is 1.73. The lowest BCUT2D eigenvalue weighted by atomic mass is 10.1. The second-order valence-electron chi connectivity index (χ2n) is 2.74. The summed E-state index contributed by atoms with van der Waals surface area (Å²) in [7, 11) is 0. The van der Waals surface area contributed by atoms with Crippen molar-refractivity contribution in [3.05, 3.63) is 0 Å². The summed E-state index contributed by atoms with van der Waals surface area (Å²) in [4.78, 5) is 11.0. The van der Waals surface area contributed by atoms with E-state index in [1.54, 1.807) is 29.5 Å². The number of esters is 1. The molecule has 0 bridgehead atoms. The average molecular weight is 310 g/mol. The predicted octanol–water partition coefficient (Wildman–Crippen LogP) is 2.70. The first kappa shape index (κ1) is 13.0.